The van der Waals surface area contributed by atoms with E-state index in [2.05, 4.69) is 11.4 Å². The van der Waals surface area contributed by atoms with Crippen LogP contribution < -0.4 is 5.32 Å². The molecule has 2 fully saturated rings. The lowest BCUT2D eigenvalue weighted by atomic mass is 9.93. The Bertz CT molecular complexity index is 404. The predicted octanol–water partition coefficient (Wildman–Crippen LogP) is 2.51. The van der Waals surface area contributed by atoms with Crippen LogP contribution in [0.1, 0.15) is 24.4 Å². The van der Waals surface area contributed by atoms with Gasteiger partial charge in [-0.15, -0.1) is 0 Å². The van der Waals surface area contributed by atoms with Crippen LogP contribution >= 0.6 is 11.6 Å². The van der Waals surface area contributed by atoms with Crippen LogP contribution in [0, 0.1) is 0 Å². The van der Waals surface area contributed by atoms with Crippen molar-refractivity contribution < 1.29 is 9.47 Å². The van der Waals surface area contributed by atoms with Crippen molar-refractivity contribution in [1.82, 2.24) is 5.32 Å². The van der Waals surface area contributed by atoms with Gasteiger partial charge >= 0.3 is 0 Å². The van der Waals surface area contributed by atoms with Gasteiger partial charge in [0.1, 0.15) is 0 Å². The van der Waals surface area contributed by atoms with E-state index in [1.807, 2.05) is 18.2 Å². The molecule has 0 saturated carbocycles. The zero-order valence-electron chi connectivity index (χ0n) is 9.62. The molecular formula is C13H16ClNO2. The van der Waals surface area contributed by atoms with Crippen LogP contribution in [0.25, 0.3) is 0 Å². The first kappa shape index (κ1) is 11.5. The fourth-order valence-electron chi connectivity index (χ4n) is 2.64. The van der Waals surface area contributed by atoms with Gasteiger partial charge in [0.2, 0.25) is 0 Å². The molecule has 2 aliphatic heterocycles. The Morgan fingerprint density at radius 2 is 2.12 bits per heavy atom. The van der Waals surface area contributed by atoms with E-state index in [0.717, 1.165) is 24.4 Å². The van der Waals surface area contributed by atoms with Crippen molar-refractivity contribution >= 4 is 11.6 Å². The number of rotatable bonds is 1. The van der Waals surface area contributed by atoms with Crippen molar-refractivity contribution in [2.75, 3.05) is 19.8 Å². The summed E-state index contributed by atoms with van der Waals surface area (Å²) in [6.45, 7) is 2.34. The van der Waals surface area contributed by atoms with Crippen LogP contribution in [0.2, 0.25) is 5.02 Å². The van der Waals surface area contributed by atoms with Crippen LogP contribution in [-0.4, -0.2) is 25.5 Å². The second-order valence-electron chi connectivity index (χ2n) is 4.62. The average Bonchev–Trinajstić information content (AvgIpc) is 2.77. The summed E-state index contributed by atoms with van der Waals surface area (Å²) >= 11 is 6.02. The largest absolute Gasteiger partial charge is 0.347 e. The highest BCUT2D eigenvalue weighted by molar-refractivity contribution is 6.30. The molecule has 1 aromatic rings. The molecule has 0 aliphatic carbocycles. The van der Waals surface area contributed by atoms with Gasteiger partial charge in [0.05, 0.1) is 13.2 Å². The topological polar surface area (TPSA) is 30.5 Å². The molecule has 17 heavy (non-hydrogen) atoms. The second kappa shape index (κ2) is 4.58. The number of hydrogen-bond donors (Lipinski definition) is 1. The molecule has 3 nitrogen and oxygen atoms in total. The number of piperidine rings is 1. The Kier molecular flexibility index (Phi) is 3.09. The van der Waals surface area contributed by atoms with E-state index in [4.69, 9.17) is 21.1 Å². The van der Waals surface area contributed by atoms with Gasteiger partial charge in [-0.25, -0.2) is 0 Å². The Morgan fingerprint density at radius 1 is 1.29 bits per heavy atom. The monoisotopic (exact) mass is 253 g/mol. The summed E-state index contributed by atoms with van der Waals surface area (Å²) in [5.74, 6) is -0.363. The Morgan fingerprint density at radius 3 is 2.88 bits per heavy atom. The third-order valence-corrected chi connectivity index (χ3v) is 3.71. The van der Waals surface area contributed by atoms with Gasteiger partial charge in [0.15, 0.2) is 5.79 Å². The van der Waals surface area contributed by atoms with Crippen molar-refractivity contribution in [2.45, 2.75) is 24.7 Å². The van der Waals surface area contributed by atoms with Crippen molar-refractivity contribution in [3.8, 4) is 0 Å². The van der Waals surface area contributed by atoms with Crippen molar-refractivity contribution in [3.63, 3.8) is 0 Å². The first-order valence-corrected chi connectivity index (χ1v) is 6.42. The summed E-state index contributed by atoms with van der Waals surface area (Å²) in [5, 5.41) is 4.27. The minimum absolute atomic E-state index is 0.264. The lowest BCUT2D eigenvalue weighted by Gasteiger charge is -2.37. The maximum Gasteiger partial charge on any atom is 0.171 e. The minimum atomic E-state index is -0.363. The summed E-state index contributed by atoms with van der Waals surface area (Å²) < 4.78 is 11.5. The van der Waals surface area contributed by atoms with Crippen LogP contribution in [0.4, 0.5) is 0 Å². The number of halogens is 1. The summed E-state index contributed by atoms with van der Waals surface area (Å²) in [6.07, 6.45) is 1.78. The van der Waals surface area contributed by atoms with Crippen molar-refractivity contribution in [1.29, 1.82) is 0 Å². The van der Waals surface area contributed by atoms with E-state index < -0.39 is 0 Å². The standard InChI is InChI=1S/C13H16ClNO2/c14-11-3-1-2-10(8-11)12-9-13(4-5-15-12)16-6-7-17-13/h1-3,8,12,15H,4-7,9H2. The van der Waals surface area contributed by atoms with Crippen LogP contribution in [0.3, 0.4) is 0 Å². The van der Waals surface area contributed by atoms with Crippen LogP contribution in [-0.2, 0) is 9.47 Å². The highest BCUT2D eigenvalue weighted by Gasteiger charge is 2.41. The third-order valence-electron chi connectivity index (χ3n) is 3.48. The molecule has 2 saturated heterocycles. The first-order valence-electron chi connectivity index (χ1n) is 6.04. The second-order valence-corrected chi connectivity index (χ2v) is 5.06. The van der Waals surface area contributed by atoms with E-state index in [9.17, 15) is 0 Å². The molecule has 0 aromatic heterocycles. The molecule has 2 aliphatic rings. The summed E-state index contributed by atoms with van der Waals surface area (Å²) in [6, 6.07) is 8.24. The Labute approximate surface area is 106 Å². The van der Waals surface area contributed by atoms with Gasteiger partial charge < -0.3 is 14.8 Å². The van der Waals surface area contributed by atoms with E-state index in [1.165, 1.54) is 5.56 Å². The molecule has 2 heterocycles. The average molecular weight is 254 g/mol. The SMILES string of the molecule is Clc1cccc(C2CC3(CCN2)OCCO3)c1. The zero-order valence-corrected chi connectivity index (χ0v) is 10.4. The molecule has 4 heteroatoms. The fraction of sp³-hybridized carbons (Fsp3) is 0.538. The van der Waals surface area contributed by atoms with Gasteiger partial charge in [0, 0.05) is 30.5 Å². The van der Waals surface area contributed by atoms with E-state index in [1.54, 1.807) is 0 Å². The van der Waals surface area contributed by atoms with Crippen LogP contribution in [0.15, 0.2) is 24.3 Å². The lowest BCUT2D eigenvalue weighted by Crippen LogP contribution is -2.44. The van der Waals surface area contributed by atoms with Gasteiger partial charge in [-0.05, 0) is 17.7 Å². The quantitative estimate of drug-likeness (QED) is 0.834. The maximum atomic E-state index is 6.02. The molecular weight excluding hydrogens is 238 g/mol. The number of hydrogen-bond acceptors (Lipinski definition) is 3. The molecule has 1 unspecified atom stereocenters. The number of nitrogens with one attached hydrogen (secondary N) is 1. The maximum absolute atomic E-state index is 6.02. The van der Waals surface area contributed by atoms with Crippen molar-refractivity contribution in [2.24, 2.45) is 0 Å². The summed E-state index contributed by atoms with van der Waals surface area (Å²) in [7, 11) is 0. The molecule has 1 aromatic carbocycles. The smallest absolute Gasteiger partial charge is 0.171 e. The number of ether oxygens (including phenoxy) is 2. The van der Waals surface area contributed by atoms with E-state index in [-0.39, 0.29) is 11.8 Å². The third kappa shape index (κ3) is 2.33. The number of benzene rings is 1. The molecule has 3 rings (SSSR count). The normalized spacial score (nSPS) is 27.5. The molecule has 1 N–H and O–H groups in total. The van der Waals surface area contributed by atoms with E-state index >= 15 is 0 Å². The highest BCUT2D eigenvalue weighted by atomic mass is 35.5. The molecule has 0 radical (unpaired) electrons. The van der Waals surface area contributed by atoms with Gasteiger partial charge in [-0.3, -0.25) is 0 Å². The van der Waals surface area contributed by atoms with Gasteiger partial charge in [-0.2, -0.15) is 0 Å². The fourth-order valence-corrected chi connectivity index (χ4v) is 2.84. The zero-order chi connectivity index (χ0) is 11.7. The first-order chi connectivity index (χ1) is 8.27. The minimum Gasteiger partial charge on any atom is -0.347 e. The van der Waals surface area contributed by atoms with Crippen LogP contribution in [0.5, 0.6) is 0 Å². The molecule has 0 bridgehead atoms. The molecule has 1 atom stereocenters. The van der Waals surface area contributed by atoms with Gasteiger partial charge in [-0.1, -0.05) is 23.7 Å². The van der Waals surface area contributed by atoms with Crippen molar-refractivity contribution in [3.05, 3.63) is 34.9 Å². The molecule has 92 valence electrons. The van der Waals surface area contributed by atoms with Gasteiger partial charge in [0.25, 0.3) is 0 Å². The molecule has 0 amide bonds. The highest BCUT2D eigenvalue weighted by Crippen LogP contribution is 2.37. The summed E-state index contributed by atoms with van der Waals surface area (Å²) in [5.41, 5.74) is 1.20. The Hall–Kier alpha value is -0.610. The van der Waals surface area contributed by atoms with E-state index in [0.29, 0.717) is 13.2 Å². The lowest BCUT2D eigenvalue weighted by molar-refractivity contribution is -0.180. The Balaban J connectivity index is 1.79. The summed E-state index contributed by atoms with van der Waals surface area (Å²) in [4.78, 5) is 0. The predicted molar refractivity (Wildman–Crippen MR) is 66.1 cm³/mol. The molecule has 1 spiro atoms.